The Morgan fingerprint density at radius 2 is 1.96 bits per heavy atom. The van der Waals surface area contributed by atoms with Gasteiger partial charge >= 0.3 is 0 Å². The number of benzene rings is 1. The van der Waals surface area contributed by atoms with Crippen LogP contribution in [0.3, 0.4) is 0 Å². The minimum Gasteiger partial charge on any atom is -0.550 e. The first-order chi connectivity index (χ1) is 11.4. The van der Waals surface area contributed by atoms with Gasteiger partial charge in [0.15, 0.2) is 0 Å². The number of carboxylic acids is 1. The van der Waals surface area contributed by atoms with Crippen molar-refractivity contribution in [1.82, 2.24) is 4.90 Å². The molecule has 5 nitrogen and oxygen atoms in total. The Hall–Kier alpha value is -1.86. The normalized spacial score (nSPS) is 16.1. The van der Waals surface area contributed by atoms with Crippen LogP contribution in [-0.2, 0) is 9.59 Å². The van der Waals surface area contributed by atoms with Crippen molar-refractivity contribution in [2.24, 2.45) is 0 Å². The summed E-state index contributed by atoms with van der Waals surface area (Å²) in [7, 11) is 3.95. The summed E-state index contributed by atoms with van der Waals surface area (Å²) in [6.45, 7) is 0.439. The van der Waals surface area contributed by atoms with Gasteiger partial charge in [-0.05, 0) is 43.0 Å². The Balaban J connectivity index is 2.00. The highest BCUT2D eigenvalue weighted by molar-refractivity contribution is 8.26. The predicted molar refractivity (Wildman–Crippen MR) is 99.5 cm³/mol. The van der Waals surface area contributed by atoms with Gasteiger partial charge in [-0.25, -0.2) is 0 Å². The van der Waals surface area contributed by atoms with Crippen LogP contribution in [0, 0.1) is 0 Å². The maximum Gasteiger partial charge on any atom is 0.266 e. The number of nitrogens with zero attached hydrogens (tertiary/aromatic N) is 2. The van der Waals surface area contributed by atoms with E-state index in [1.54, 1.807) is 0 Å². The zero-order valence-electron chi connectivity index (χ0n) is 13.7. The second-order valence-corrected chi connectivity index (χ2v) is 7.32. The van der Waals surface area contributed by atoms with Crippen LogP contribution in [0.2, 0.25) is 0 Å². The number of amides is 1. The summed E-state index contributed by atoms with van der Waals surface area (Å²) in [5, 5.41) is 10.4. The molecule has 0 bridgehead atoms. The molecule has 0 aliphatic carbocycles. The van der Waals surface area contributed by atoms with E-state index in [9.17, 15) is 14.7 Å². The number of carbonyl (C=O) groups excluding carboxylic acids is 2. The van der Waals surface area contributed by atoms with Crippen molar-refractivity contribution in [2.75, 3.05) is 25.5 Å². The van der Waals surface area contributed by atoms with Crippen LogP contribution in [0.4, 0.5) is 5.69 Å². The molecule has 1 saturated heterocycles. The molecule has 7 heteroatoms. The first-order valence-corrected chi connectivity index (χ1v) is 8.83. The molecule has 128 valence electrons. The smallest absolute Gasteiger partial charge is 0.266 e. The molecule has 2 rings (SSSR count). The number of carbonyl (C=O) groups is 2. The van der Waals surface area contributed by atoms with Crippen LogP contribution in [0.1, 0.15) is 24.8 Å². The molecule has 0 aromatic heterocycles. The highest BCUT2D eigenvalue weighted by Crippen LogP contribution is 2.33. The first kappa shape index (κ1) is 18.5. The second-order valence-electron chi connectivity index (χ2n) is 5.65. The highest BCUT2D eigenvalue weighted by atomic mass is 32.2. The van der Waals surface area contributed by atoms with Gasteiger partial charge in [0, 0.05) is 32.3 Å². The van der Waals surface area contributed by atoms with E-state index in [1.807, 2.05) is 49.3 Å². The Morgan fingerprint density at radius 3 is 2.54 bits per heavy atom. The molecule has 1 amide bonds. The Labute approximate surface area is 151 Å². The molecule has 0 saturated carbocycles. The van der Waals surface area contributed by atoms with E-state index >= 15 is 0 Å². The van der Waals surface area contributed by atoms with E-state index in [0.29, 0.717) is 28.6 Å². The minimum atomic E-state index is -1.07. The average Bonchev–Trinajstić information content (AvgIpc) is 2.78. The third-order valence-corrected chi connectivity index (χ3v) is 4.97. The molecule has 1 heterocycles. The molecule has 1 aromatic rings. The molecule has 1 aliphatic heterocycles. The van der Waals surface area contributed by atoms with E-state index < -0.39 is 5.97 Å². The van der Waals surface area contributed by atoms with E-state index in [-0.39, 0.29) is 12.3 Å². The van der Waals surface area contributed by atoms with Crippen molar-refractivity contribution in [1.29, 1.82) is 0 Å². The molecular weight excluding hydrogens is 344 g/mol. The van der Waals surface area contributed by atoms with Gasteiger partial charge in [0.2, 0.25) is 0 Å². The summed E-state index contributed by atoms with van der Waals surface area (Å²) >= 11 is 6.54. The van der Waals surface area contributed by atoms with Crippen molar-refractivity contribution >= 4 is 51.9 Å². The molecular formula is C17H19N2O3S2-. The standard InChI is InChI=1S/C17H20N2O3S2/c1-18(2)13-8-6-12(7-9-13)11-14-16(22)19(17(23)24-14)10-4-3-5-15(20)21/h6-9,11H,3-5,10H2,1-2H3,(H,20,21)/p-1/b14-11-. The zero-order valence-corrected chi connectivity index (χ0v) is 15.3. The fourth-order valence-corrected chi connectivity index (χ4v) is 3.56. The number of hydrogen-bond acceptors (Lipinski definition) is 6. The number of thiocarbonyl (C=S) groups is 1. The SMILES string of the molecule is CN(C)c1ccc(/C=C2\SC(=S)N(CCCCC(=O)[O-])C2=O)cc1. The van der Waals surface area contributed by atoms with Crippen LogP contribution < -0.4 is 10.0 Å². The molecule has 1 aromatic carbocycles. The first-order valence-electron chi connectivity index (χ1n) is 7.61. The molecule has 0 radical (unpaired) electrons. The molecule has 0 unspecified atom stereocenters. The fraction of sp³-hybridized carbons (Fsp3) is 0.353. The van der Waals surface area contributed by atoms with Crippen LogP contribution in [0.25, 0.3) is 6.08 Å². The molecule has 0 N–H and O–H groups in total. The Morgan fingerprint density at radius 1 is 1.29 bits per heavy atom. The fourth-order valence-electron chi connectivity index (χ4n) is 2.25. The van der Waals surface area contributed by atoms with E-state index in [0.717, 1.165) is 11.3 Å². The van der Waals surface area contributed by atoms with Crippen molar-refractivity contribution in [3.63, 3.8) is 0 Å². The van der Waals surface area contributed by atoms with Crippen molar-refractivity contribution in [2.45, 2.75) is 19.3 Å². The van der Waals surface area contributed by atoms with Crippen molar-refractivity contribution in [3.05, 3.63) is 34.7 Å². The van der Waals surface area contributed by atoms with Gasteiger partial charge in [-0.3, -0.25) is 9.69 Å². The lowest BCUT2D eigenvalue weighted by atomic mass is 10.2. The highest BCUT2D eigenvalue weighted by Gasteiger charge is 2.31. The van der Waals surface area contributed by atoms with Gasteiger partial charge in [-0.2, -0.15) is 0 Å². The summed E-state index contributed by atoms with van der Waals surface area (Å²) in [4.78, 5) is 27.0. The maximum atomic E-state index is 12.4. The van der Waals surface area contributed by atoms with Gasteiger partial charge < -0.3 is 14.8 Å². The summed E-state index contributed by atoms with van der Waals surface area (Å²) in [5.41, 5.74) is 2.03. The summed E-state index contributed by atoms with van der Waals surface area (Å²) in [6, 6.07) is 7.91. The number of anilines is 1. The van der Waals surface area contributed by atoms with E-state index in [1.165, 1.54) is 16.7 Å². The van der Waals surface area contributed by atoms with Crippen LogP contribution in [-0.4, -0.2) is 41.7 Å². The molecule has 1 fully saturated rings. The summed E-state index contributed by atoms with van der Waals surface area (Å²) in [5.74, 6) is -1.18. The quantitative estimate of drug-likeness (QED) is 0.419. The summed E-state index contributed by atoms with van der Waals surface area (Å²) < 4.78 is 0.518. The molecule has 1 aliphatic rings. The van der Waals surface area contributed by atoms with Crippen LogP contribution >= 0.6 is 24.0 Å². The number of rotatable bonds is 7. The van der Waals surface area contributed by atoms with Gasteiger partial charge in [0.05, 0.1) is 4.91 Å². The van der Waals surface area contributed by atoms with Crippen molar-refractivity contribution < 1.29 is 14.7 Å². The minimum absolute atomic E-state index is 0.00283. The maximum absolute atomic E-state index is 12.4. The lowest BCUT2D eigenvalue weighted by Crippen LogP contribution is -2.29. The van der Waals surface area contributed by atoms with Crippen molar-refractivity contribution in [3.8, 4) is 0 Å². The molecule has 0 spiro atoms. The number of hydrogen-bond donors (Lipinski definition) is 0. The largest absolute Gasteiger partial charge is 0.550 e. The van der Waals surface area contributed by atoms with Gasteiger partial charge in [0.1, 0.15) is 4.32 Å². The third-order valence-electron chi connectivity index (χ3n) is 3.59. The number of unbranched alkanes of at least 4 members (excludes halogenated alkanes) is 1. The summed E-state index contributed by atoms with van der Waals surface area (Å²) in [6.07, 6.45) is 2.90. The van der Waals surface area contributed by atoms with Gasteiger partial charge in [0.25, 0.3) is 5.91 Å². The van der Waals surface area contributed by atoms with E-state index in [4.69, 9.17) is 12.2 Å². The molecule has 24 heavy (non-hydrogen) atoms. The number of aliphatic carboxylic acids is 1. The number of carboxylic acid groups (broad SMARTS) is 1. The number of thioether (sulfide) groups is 1. The predicted octanol–water partition coefficient (Wildman–Crippen LogP) is 1.87. The van der Waals surface area contributed by atoms with E-state index in [2.05, 4.69) is 0 Å². The van der Waals surface area contributed by atoms with Crippen LogP contribution in [0.5, 0.6) is 0 Å². The third kappa shape index (κ3) is 4.82. The topological polar surface area (TPSA) is 63.7 Å². The Bertz CT molecular complexity index is 669. The van der Waals surface area contributed by atoms with Crippen LogP contribution in [0.15, 0.2) is 29.2 Å². The molecule has 0 atom stereocenters. The second kappa shape index (κ2) is 8.30. The average molecular weight is 363 g/mol. The van der Waals surface area contributed by atoms with Gasteiger partial charge in [-0.1, -0.05) is 36.1 Å². The Kier molecular flexibility index (Phi) is 6.39. The van der Waals surface area contributed by atoms with Gasteiger partial charge in [-0.15, -0.1) is 0 Å². The monoisotopic (exact) mass is 363 g/mol. The lowest BCUT2D eigenvalue weighted by molar-refractivity contribution is -0.305. The lowest BCUT2D eigenvalue weighted by Gasteiger charge is -2.14. The zero-order chi connectivity index (χ0) is 17.7.